The number of nitro groups is 1. The van der Waals surface area contributed by atoms with Crippen LogP contribution < -0.4 is 5.32 Å². The topological polar surface area (TPSA) is 92.6 Å². The summed E-state index contributed by atoms with van der Waals surface area (Å²) in [5.74, 6) is -0.504. The summed E-state index contributed by atoms with van der Waals surface area (Å²) in [6, 6.07) is 23.2. The molecule has 0 aliphatic heterocycles. The highest BCUT2D eigenvalue weighted by Crippen LogP contribution is 2.23. The lowest BCUT2D eigenvalue weighted by atomic mass is 10.0. The molecular formula is C30H33N3O4. The SMILES string of the molecule is Cc1ccc(CN(C(=O)Cc2ccccc2[N+](=O)[O-])[C@@H](Cc2ccccc2)C(=O)NC2CCCC2)cc1. The fraction of sp³-hybridized carbons (Fsp3) is 0.333. The zero-order valence-electron chi connectivity index (χ0n) is 21.1. The summed E-state index contributed by atoms with van der Waals surface area (Å²) in [4.78, 5) is 40.3. The van der Waals surface area contributed by atoms with Gasteiger partial charge >= 0.3 is 0 Å². The van der Waals surface area contributed by atoms with E-state index in [2.05, 4.69) is 5.32 Å². The quantitative estimate of drug-likeness (QED) is 0.309. The average Bonchev–Trinajstić information content (AvgIpc) is 3.41. The maximum atomic E-state index is 13.9. The Morgan fingerprint density at radius 2 is 1.59 bits per heavy atom. The second-order valence-corrected chi connectivity index (χ2v) is 9.77. The first-order valence-corrected chi connectivity index (χ1v) is 12.8. The highest BCUT2D eigenvalue weighted by Gasteiger charge is 2.33. The van der Waals surface area contributed by atoms with Crippen molar-refractivity contribution in [2.45, 2.75) is 64.1 Å². The molecule has 0 radical (unpaired) electrons. The van der Waals surface area contributed by atoms with Gasteiger partial charge in [-0.2, -0.15) is 0 Å². The molecule has 37 heavy (non-hydrogen) atoms. The lowest BCUT2D eigenvalue weighted by Crippen LogP contribution is -2.52. The van der Waals surface area contributed by atoms with Crippen molar-refractivity contribution in [2.75, 3.05) is 0 Å². The molecule has 7 nitrogen and oxygen atoms in total. The number of carbonyl (C=O) groups is 2. The molecule has 4 rings (SSSR count). The Kier molecular flexibility index (Phi) is 8.67. The van der Waals surface area contributed by atoms with Crippen molar-refractivity contribution in [1.29, 1.82) is 0 Å². The molecule has 1 fully saturated rings. The monoisotopic (exact) mass is 499 g/mol. The van der Waals surface area contributed by atoms with Gasteiger partial charge in [0, 0.05) is 30.6 Å². The van der Waals surface area contributed by atoms with E-state index in [4.69, 9.17) is 0 Å². The molecular weight excluding hydrogens is 466 g/mol. The van der Waals surface area contributed by atoms with E-state index >= 15 is 0 Å². The van der Waals surface area contributed by atoms with E-state index in [9.17, 15) is 19.7 Å². The van der Waals surface area contributed by atoms with Crippen LogP contribution in [0.25, 0.3) is 0 Å². The molecule has 3 aromatic carbocycles. The molecule has 1 N–H and O–H groups in total. The predicted octanol–water partition coefficient (Wildman–Crippen LogP) is 5.14. The van der Waals surface area contributed by atoms with E-state index in [1.54, 1.807) is 23.1 Å². The zero-order valence-corrected chi connectivity index (χ0v) is 21.1. The van der Waals surface area contributed by atoms with Crippen LogP contribution >= 0.6 is 0 Å². The van der Waals surface area contributed by atoms with Crippen LogP contribution in [0.15, 0.2) is 78.9 Å². The van der Waals surface area contributed by atoms with Crippen molar-refractivity contribution in [3.8, 4) is 0 Å². The van der Waals surface area contributed by atoms with Crippen LogP contribution in [0.2, 0.25) is 0 Å². The minimum Gasteiger partial charge on any atom is -0.352 e. The maximum absolute atomic E-state index is 13.9. The smallest absolute Gasteiger partial charge is 0.273 e. The number of rotatable bonds is 10. The van der Waals surface area contributed by atoms with Gasteiger partial charge in [-0.1, -0.05) is 91.2 Å². The number of benzene rings is 3. The number of nitrogens with one attached hydrogen (secondary N) is 1. The molecule has 1 aliphatic carbocycles. The lowest BCUT2D eigenvalue weighted by Gasteiger charge is -2.32. The van der Waals surface area contributed by atoms with Gasteiger partial charge < -0.3 is 10.2 Å². The van der Waals surface area contributed by atoms with Gasteiger partial charge in [0.15, 0.2) is 0 Å². The molecule has 3 aromatic rings. The van der Waals surface area contributed by atoms with Gasteiger partial charge in [0.25, 0.3) is 5.69 Å². The molecule has 2 amide bonds. The van der Waals surface area contributed by atoms with Gasteiger partial charge in [-0.25, -0.2) is 0 Å². The maximum Gasteiger partial charge on any atom is 0.273 e. The number of nitrogens with zero attached hydrogens (tertiary/aromatic N) is 2. The van der Waals surface area contributed by atoms with E-state index in [0.29, 0.717) is 12.0 Å². The van der Waals surface area contributed by atoms with Crippen molar-refractivity contribution in [2.24, 2.45) is 0 Å². The summed E-state index contributed by atoms with van der Waals surface area (Å²) in [5.41, 5.74) is 3.18. The Hall–Kier alpha value is -4.00. The van der Waals surface area contributed by atoms with Gasteiger partial charge in [-0.05, 0) is 30.9 Å². The molecule has 192 valence electrons. The van der Waals surface area contributed by atoms with Crippen LogP contribution in [0, 0.1) is 17.0 Å². The Morgan fingerprint density at radius 3 is 2.27 bits per heavy atom. The standard InChI is InChI=1S/C30H33N3O4/c1-22-15-17-24(18-16-22)21-32(29(34)20-25-11-5-8-14-27(25)33(36)37)28(19-23-9-3-2-4-10-23)30(35)31-26-12-6-7-13-26/h2-5,8-11,14-18,26,28H,6-7,12-13,19-21H2,1H3,(H,31,35)/t28-/m0/s1. The highest BCUT2D eigenvalue weighted by atomic mass is 16.6. The third-order valence-corrected chi connectivity index (χ3v) is 6.98. The van der Waals surface area contributed by atoms with Gasteiger partial charge in [0.1, 0.15) is 6.04 Å². The van der Waals surface area contributed by atoms with Crippen molar-refractivity contribution < 1.29 is 14.5 Å². The number of hydrogen-bond donors (Lipinski definition) is 1. The summed E-state index contributed by atoms with van der Waals surface area (Å²) >= 11 is 0. The third-order valence-electron chi connectivity index (χ3n) is 6.98. The van der Waals surface area contributed by atoms with Crippen LogP contribution in [-0.2, 0) is 29.0 Å². The van der Waals surface area contributed by atoms with Crippen LogP contribution in [-0.4, -0.2) is 33.7 Å². The number of carbonyl (C=O) groups excluding carboxylic acids is 2. The summed E-state index contributed by atoms with van der Waals surface area (Å²) in [5, 5.41) is 14.8. The number of aryl methyl sites for hydroxylation is 1. The van der Waals surface area contributed by atoms with Crippen molar-refractivity contribution in [1.82, 2.24) is 10.2 Å². The van der Waals surface area contributed by atoms with Gasteiger partial charge in [0.05, 0.1) is 11.3 Å². The second kappa shape index (κ2) is 12.3. The van der Waals surface area contributed by atoms with E-state index < -0.39 is 11.0 Å². The number of para-hydroxylation sites is 1. The fourth-order valence-corrected chi connectivity index (χ4v) is 4.91. The van der Waals surface area contributed by atoms with Crippen LogP contribution in [0.1, 0.15) is 47.9 Å². The number of amides is 2. The van der Waals surface area contributed by atoms with Crippen molar-refractivity contribution in [3.05, 3.63) is 111 Å². The van der Waals surface area contributed by atoms with Gasteiger partial charge in [-0.15, -0.1) is 0 Å². The van der Waals surface area contributed by atoms with Crippen molar-refractivity contribution in [3.63, 3.8) is 0 Å². The normalized spacial score (nSPS) is 14.2. The zero-order chi connectivity index (χ0) is 26.2. The highest BCUT2D eigenvalue weighted by molar-refractivity contribution is 5.89. The van der Waals surface area contributed by atoms with Crippen LogP contribution in [0.3, 0.4) is 0 Å². The fourth-order valence-electron chi connectivity index (χ4n) is 4.91. The molecule has 0 bridgehead atoms. The summed E-state index contributed by atoms with van der Waals surface area (Å²) < 4.78 is 0. The lowest BCUT2D eigenvalue weighted by molar-refractivity contribution is -0.385. The molecule has 0 unspecified atom stereocenters. The van der Waals surface area contributed by atoms with E-state index in [1.807, 2.05) is 61.5 Å². The van der Waals surface area contributed by atoms with Crippen LogP contribution in [0.5, 0.6) is 0 Å². The predicted molar refractivity (Wildman–Crippen MR) is 143 cm³/mol. The molecule has 1 saturated carbocycles. The average molecular weight is 500 g/mol. The van der Waals surface area contributed by atoms with E-state index in [1.165, 1.54) is 6.07 Å². The Morgan fingerprint density at radius 1 is 0.946 bits per heavy atom. The molecule has 0 heterocycles. The summed E-state index contributed by atoms with van der Waals surface area (Å²) in [6.45, 7) is 2.23. The molecule has 0 spiro atoms. The Labute approximate surface area is 217 Å². The van der Waals surface area contributed by atoms with Gasteiger partial charge in [0.2, 0.25) is 11.8 Å². The van der Waals surface area contributed by atoms with Crippen LogP contribution in [0.4, 0.5) is 5.69 Å². The largest absolute Gasteiger partial charge is 0.352 e. The first-order valence-electron chi connectivity index (χ1n) is 12.8. The number of nitro benzene ring substituents is 1. The van der Waals surface area contributed by atoms with Gasteiger partial charge in [-0.3, -0.25) is 19.7 Å². The molecule has 0 aromatic heterocycles. The molecule has 7 heteroatoms. The molecule has 1 aliphatic rings. The Bertz CT molecular complexity index is 1220. The second-order valence-electron chi connectivity index (χ2n) is 9.77. The first kappa shape index (κ1) is 26.1. The summed E-state index contributed by atoms with van der Waals surface area (Å²) in [6.07, 6.45) is 4.23. The molecule has 0 saturated heterocycles. The minimum atomic E-state index is -0.750. The molecule has 1 atom stereocenters. The first-order chi connectivity index (χ1) is 17.9. The summed E-state index contributed by atoms with van der Waals surface area (Å²) in [7, 11) is 0. The van der Waals surface area contributed by atoms with Crippen molar-refractivity contribution >= 4 is 17.5 Å². The van der Waals surface area contributed by atoms with E-state index in [0.717, 1.165) is 42.4 Å². The Balaban J connectivity index is 1.68. The minimum absolute atomic E-state index is 0.0962. The number of hydrogen-bond acceptors (Lipinski definition) is 4. The third kappa shape index (κ3) is 7.03. The van der Waals surface area contributed by atoms with E-state index in [-0.39, 0.29) is 36.5 Å².